The minimum Gasteiger partial charge on any atom is -0.395 e. The molecule has 0 atom stereocenters. The van der Waals surface area contributed by atoms with Gasteiger partial charge in [-0.1, -0.05) is 18.2 Å². The van der Waals surface area contributed by atoms with Gasteiger partial charge in [-0.05, 0) is 0 Å². The minimum absolute atomic E-state index is 0.0694. The molecule has 0 aromatic rings. The molecule has 0 heterocycles. The molecule has 0 aliphatic heterocycles. The van der Waals surface area contributed by atoms with Crippen LogP contribution >= 0.6 is 0 Å². The first-order chi connectivity index (χ1) is 9.69. The van der Waals surface area contributed by atoms with Crippen LogP contribution in [-0.2, 0) is 0 Å². The Morgan fingerprint density at radius 3 is 1.10 bits per heavy atom. The van der Waals surface area contributed by atoms with Gasteiger partial charge >= 0.3 is 0 Å². The van der Waals surface area contributed by atoms with Crippen LogP contribution in [0.4, 0.5) is 0 Å². The predicted octanol–water partition coefficient (Wildman–Crippen LogP) is 0.112. The van der Waals surface area contributed by atoms with Crippen LogP contribution in [0.2, 0.25) is 0 Å². The van der Waals surface area contributed by atoms with E-state index in [0.717, 1.165) is 19.6 Å². The molecular formula is C15H30N2O3. The third-order valence-electron chi connectivity index (χ3n) is 2.41. The summed E-state index contributed by atoms with van der Waals surface area (Å²) in [5.74, 6) is 0. The lowest BCUT2D eigenvalue weighted by Crippen LogP contribution is -2.32. The fraction of sp³-hybridized carbons (Fsp3) is 0.600. The van der Waals surface area contributed by atoms with E-state index in [-0.39, 0.29) is 19.8 Å². The van der Waals surface area contributed by atoms with E-state index in [9.17, 15) is 0 Å². The highest BCUT2D eigenvalue weighted by atomic mass is 16.3. The van der Waals surface area contributed by atoms with E-state index in [0.29, 0.717) is 19.6 Å². The summed E-state index contributed by atoms with van der Waals surface area (Å²) >= 11 is 0. The molecule has 0 aliphatic carbocycles. The number of aliphatic hydroxyl groups excluding tert-OH is 3. The summed E-state index contributed by atoms with van der Waals surface area (Å²) in [7, 11) is 0. The van der Waals surface area contributed by atoms with Crippen molar-refractivity contribution < 1.29 is 15.3 Å². The first-order valence-corrected chi connectivity index (χ1v) is 6.80. The molecule has 0 aromatic heterocycles. The maximum absolute atomic E-state index is 8.48. The Balaban J connectivity index is 0. The zero-order valence-corrected chi connectivity index (χ0v) is 12.5. The first-order valence-electron chi connectivity index (χ1n) is 6.80. The molecule has 0 radical (unpaired) electrons. The third kappa shape index (κ3) is 15.1. The summed E-state index contributed by atoms with van der Waals surface area (Å²) in [6, 6.07) is 0. The van der Waals surface area contributed by atoms with Gasteiger partial charge in [0.25, 0.3) is 0 Å². The Kier molecular flexibility index (Phi) is 19.2. The Labute approximate surface area is 123 Å². The van der Waals surface area contributed by atoms with Gasteiger partial charge in [-0.25, -0.2) is 0 Å². The van der Waals surface area contributed by atoms with E-state index < -0.39 is 0 Å². The summed E-state index contributed by atoms with van der Waals surface area (Å²) in [6.07, 6.45) is 5.65. The molecule has 0 unspecified atom stereocenters. The number of hydrogen-bond acceptors (Lipinski definition) is 5. The van der Waals surface area contributed by atoms with Crippen LogP contribution in [0.1, 0.15) is 0 Å². The Morgan fingerprint density at radius 2 is 0.900 bits per heavy atom. The maximum atomic E-state index is 8.48. The van der Waals surface area contributed by atoms with Crippen LogP contribution in [0.3, 0.4) is 0 Å². The molecule has 0 saturated carbocycles. The van der Waals surface area contributed by atoms with E-state index in [1.165, 1.54) is 0 Å². The monoisotopic (exact) mass is 286 g/mol. The van der Waals surface area contributed by atoms with Crippen molar-refractivity contribution in [3.8, 4) is 0 Å². The number of rotatable bonds is 12. The summed E-state index contributed by atoms with van der Waals surface area (Å²) < 4.78 is 0. The van der Waals surface area contributed by atoms with Crippen molar-refractivity contribution in [2.45, 2.75) is 0 Å². The van der Waals surface area contributed by atoms with Crippen molar-refractivity contribution >= 4 is 0 Å². The highest BCUT2D eigenvalue weighted by molar-refractivity contribution is 4.83. The maximum Gasteiger partial charge on any atom is 0.0558 e. The highest BCUT2D eigenvalue weighted by Crippen LogP contribution is 1.88. The highest BCUT2D eigenvalue weighted by Gasteiger charge is 2.00. The molecule has 3 N–H and O–H groups in total. The van der Waals surface area contributed by atoms with Gasteiger partial charge < -0.3 is 15.3 Å². The number of hydrogen-bond donors (Lipinski definition) is 3. The van der Waals surface area contributed by atoms with Gasteiger partial charge in [0.1, 0.15) is 0 Å². The largest absolute Gasteiger partial charge is 0.395 e. The quantitative estimate of drug-likeness (QED) is 0.444. The summed E-state index contributed by atoms with van der Waals surface area (Å²) in [5.41, 5.74) is 0. The molecule has 0 aromatic carbocycles. The van der Waals surface area contributed by atoms with E-state index >= 15 is 0 Å². The van der Waals surface area contributed by atoms with Crippen LogP contribution in [-0.4, -0.2) is 84.2 Å². The fourth-order valence-electron chi connectivity index (χ4n) is 1.53. The predicted molar refractivity (Wildman–Crippen MR) is 84.7 cm³/mol. The molecule has 0 aliphatic rings. The normalized spacial score (nSPS) is 10.1. The second kappa shape index (κ2) is 18.0. The third-order valence-corrected chi connectivity index (χ3v) is 2.41. The lowest BCUT2D eigenvalue weighted by Gasteiger charge is -2.17. The van der Waals surface area contributed by atoms with Gasteiger partial charge in [0, 0.05) is 39.3 Å². The molecular weight excluding hydrogens is 256 g/mol. The molecule has 5 heteroatoms. The molecule has 0 amide bonds. The van der Waals surface area contributed by atoms with Crippen molar-refractivity contribution in [2.24, 2.45) is 0 Å². The van der Waals surface area contributed by atoms with Crippen LogP contribution in [0, 0.1) is 0 Å². The zero-order valence-electron chi connectivity index (χ0n) is 12.5. The molecule has 5 nitrogen and oxygen atoms in total. The Bertz CT molecular complexity index is 197. The fourth-order valence-corrected chi connectivity index (χ4v) is 1.53. The molecule has 118 valence electrons. The van der Waals surface area contributed by atoms with Crippen molar-refractivity contribution in [3.05, 3.63) is 38.0 Å². The average molecular weight is 286 g/mol. The summed E-state index contributed by atoms with van der Waals surface area (Å²) in [6.45, 7) is 15.4. The molecule has 0 fully saturated rings. The van der Waals surface area contributed by atoms with Crippen molar-refractivity contribution in [1.82, 2.24) is 9.80 Å². The lowest BCUT2D eigenvalue weighted by atomic mass is 10.4. The summed E-state index contributed by atoms with van der Waals surface area (Å²) in [5, 5.41) is 25.5. The standard InChI is InChI=1S/C9H15N.C6H15NO3/c1-4-7-10(8-5-2)9-6-3;8-4-1-7(2-5-9)3-6-10/h4-6H,1-3,7-9H2;8-10H,1-6H2. The van der Waals surface area contributed by atoms with E-state index in [2.05, 4.69) is 24.6 Å². The van der Waals surface area contributed by atoms with Crippen LogP contribution in [0.15, 0.2) is 38.0 Å². The number of aliphatic hydroxyl groups is 3. The van der Waals surface area contributed by atoms with Gasteiger partial charge in [0.05, 0.1) is 19.8 Å². The molecule has 20 heavy (non-hydrogen) atoms. The van der Waals surface area contributed by atoms with E-state index in [1.807, 2.05) is 18.2 Å². The molecule has 0 saturated heterocycles. The lowest BCUT2D eigenvalue weighted by molar-refractivity contribution is 0.136. The Hall–Kier alpha value is -0.980. The van der Waals surface area contributed by atoms with Crippen LogP contribution in [0.25, 0.3) is 0 Å². The topological polar surface area (TPSA) is 67.2 Å². The average Bonchev–Trinajstić information content (AvgIpc) is 2.41. The molecule has 0 spiro atoms. The van der Waals surface area contributed by atoms with E-state index in [1.54, 1.807) is 4.90 Å². The summed E-state index contributed by atoms with van der Waals surface area (Å²) in [4.78, 5) is 3.98. The zero-order chi connectivity index (χ0) is 15.6. The van der Waals surface area contributed by atoms with Gasteiger partial charge in [0.2, 0.25) is 0 Å². The van der Waals surface area contributed by atoms with Gasteiger partial charge in [-0.15, -0.1) is 19.7 Å². The molecule has 0 rings (SSSR count). The van der Waals surface area contributed by atoms with Gasteiger partial charge in [-0.2, -0.15) is 0 Å². The van der Waals surface area contributed by atoms with Crippen LogP contribution < -0.4 is 0 Å². The van der Waals surface area contributed by atoms with Crippen molar-refractivity contribution in [1.29, 1.82) is 0 Å². The molecule has 0 bridgehead atoms. The Morgan fingerprint density at radius 1 is 0.600 bits per heavy atom. The van der Waals surface area contributed by atoms with Gasteiger partial charge in [0.15, 0.2) is 0 Å². The van der Waals surface area contributed by atoms with Crippen molar-refractivity contribution in [2.75, 3.05) is 59.1 Å². The van der Waals surface area contributed by atoms with Gasteiger partial charge in [-0.3, -0.25) is 9.80 Å². The second-order valence-corrected chi connectivity index (χ2v) is 4.10. The van der Waals surface area contributed by atoms with Crippen LogP contribution in [0.5, 0.6) is 0 Å². The minimum atomic E-state index is 0.0694. The van der Waals surface area contributed by atoms with Crippen molar-refractivity contribution in [3.63, 3.8) is 0 Å². The number of nitrogens with zero attached hydrogens (tertiary/aromatic N) is 2. The van der Waals surface area contributed by atoms with E-state index in [4.69, 9.17) is 15.3 Å². The second-order valence-electron chi connectivity index (χ2n) is 4.10. The first kappa shape index (κ1) is 21.3. The smallest absolute Gasteiger partial charge is 0.0558 e. The SMILES string of the molecule is C=CCN(CC=C)CC=C.OCCN(CCO)CCO.